The highest BCUT2D eigenvalue weighted by molar-refractivity contribution is 8.00. The summed E-state index contributed by atoms with van der Waals surface area (Å²) in [5.41, 5.74) is 0.371. The summed E-state index contributed by atoms with van der Waals surface area (Å²) in [6.45, 7) is 2.69. The second kappa shape index (κ2) is 8.17. The summed E-state index contributed by atoms with van der Waals surface area (Å²) < 4.78 is 13.9. The molecule has 4 nitrogen and oxygen atoms in total. The number of carbonyl (C=O) groups is 2. The number of rotatable bonds is 6. The van der Waals surface area contributed by atoms with Crippen molar-refractivity contribution >= 4 is 29.3 Å². The number of anilines is 1. The van der Waals surface area contributed by atoms with E-state index in [-0.39, 0.29) is 22.9 Å². The smallest absolute Gasteiger partial charge is 0.240 e. The average molecular weight is 324 g/mol. The maximum atomic E-state index is 13.9. The van der Waals surface area contributed by atoms with Gasteiger partial charge in [-0.25, -0.2) is 4.39 Å². The van der Waals surface area contributed by atoms with Gasteiger partial charge in [0.25, 0.3) is 0 Å². The summed E-state index contributed by atoms with van der Waals surface area (Å²) >= 11 is 1.60. The molecule has 1 atom stereocenters. The monoisotopic (exact) mass is 324 g/mol. The first-order chi connectivity index (χ1) is 10.6. The van der Waals surface area contributed by atoms with Crippen LogP contribution in [0.2, 0.25) is 0 Å². The summed E-state index contributed by atoms with van der Waals surface area (Å²) in [5, 5.41) is 2.62. The number of piperidine rings is 1. The number of hydrogen-bond donors (Lipinski definition) is 1. The summed E-state index contributed by atoms with van der Waals surface area (Å²) in [4.78, 5) is 24.9. The summed E-state index contributed by atoms with van der Waals surface area (Å²) in [5.74, 6) is 0.402. The third-order valence-electron chi connectivity index (χ3n) is 3.55. The fourth-order valence-electron chi connectivity index (χ4n) is 2.47. The SMILES string of the molecule is CC(=O)NCCCS[C@H]1CCCN(c2ccccc2F)C1=O. The predicted octanol–water partition coefficient (Wildman–Crippen LogP) is 2.58. The standard InChI is InChI=1S/C16H21FN2O2S/c1-12(20)18-9-5-11-22-15-8-4-10-19(16(15)21)14-7-3-2-6-13(14)17/h2-3,6-7,15H,4-5,8-11H2,1H3,(H,18,20)/t15-/m0/s1. The van der Waals surface area contributed by atoms with E-state index in [1.54, 1.807) is 34.9 Å². The Balaban J connectivity index is 1.88. The molecule has 0 saturated carbocycles. The zero-order valence-corrected chi connectivity index (χ0v) is 13.5. The van der Waals surface area contributed by atoms with Crippen molar-refractivity contribution in [3.05, 3.63) is 30.1 Å². The van der Waals surface area contributed by atoms with Crippen LogP contribution in [0.1, 0.15) is 26.2 Å². The van der Waals surface area contributed by atoms with Crippen molar-refractivity contribution in [2.45, 2.75) is 31.4 Å². The fraction of sp³-hybridized carbons (Fsp3) is 0.500. The van der Waals surface area contributed by atoms with Gasteiger partial charge in [-0.1, -0.05) is 12.1 Å². The second-order valence-electron chi connectivity index (χ2n) is 5.28. The second-order valence-corrected chi connectivity index (χ2v) is 6.59. The molecule has 120 valence electrons. The molecule has 0 radical (unpaired) electrons. The number of nitrogens with one attached hydrogen (secondary N) is 1. The van der Waals surface area contributed by atoms with Crippen molar-refractivity contribution in [2.24, 2.45) is 0 Å². The molecule has 0 spiro atoms. The number of para-hydroxylation sites is 1. The van der Waals surface area contributed by atoms with Crippen LogP contribution in [-0.4, -0.2) is 35.9 Å². The number of hydrogen-bond acceptors (Lipinski definition) is 3. The summed E-state index contributed by atoms with van der Waals surface area (Å²) in [6.07, 6.45) is 2.53. The van der Waals surface area contributed by atoms with E-state index in [0.29, 0.717) is 18.8 Å². The van der Waals surface area contributed by atoms with Crippen LogP contribution >= 0.6 is 11.8 Å². The lowest BCUT2D eigenvalue weighted by Crippen LogP contribution is -2.43. The van der Waals surface area contributed by atoms with Crippen molar-refractivity contribution in [1.29, 1.82) is 0 Å². The van der Waals surface area contributed by atoms with Gasteiger partial charge in [-0.2, -0.15) is 0 Å². The van der Waals surface area contributed by atoms with Gasteiger partial charge in [0.1, 0.15) is 5.82 Å². The zero-order valence-electron chi connectivity index (χ0n) is 12.7. The maximum absolute atomic E-state index is 13.9. The van der Waals surface area contributed by atoms with E-state index in [1.165, 1.54) is 13.0 Å². The Morgan fingerprint density at radius 1 is 1.45 bits per heavy atom. The summed E-state index contributed by atoms with van der Waals surface area (Å²) in [6, 6.07) is 6.40. The Morgan fingerprint density at radius 2 is 2.23 bits per heavy atom. The molecule has 1 aliphatic rings. The maximum Gasteiger partial charge on any atom is 0.240 e. The Labute approximate surface area is 134 Å². The Hall–Kier alpha value is -1.56. The van der Waals surface area contributed by atoms with E-state index in [9.17, 15) is 14.0 Å². The zero-order chi connectivity index (χ0) is 15.9. The first kappa shape index (κ1) is 16.8. The molecule has 1 N–H and O–H groups in total. The molecule has 1 heterocycles. The number of nitrogens with zero attached hydrogens (tertiary/aromatic N) is 1. The van der Waals surface area contributed by atoms with Gasteiger partial charge in [0, 0.05) is 20.0 Å². The normalized spacial score (nSPS) is 18.4. The number of carbonyl (C=O) groups excluding carboxylic acids is 2. The van der Waals surface area contributed by atoms with Crippen LogP contribution in [-0.2, 0) is 9.59 Å². The Morgan fingerprint density at radius 3 is 2.95 bits per heavy atom. The molecule has 1 aromatic carbocycles. The molecule has 0 unspecified atom stereocenters. The lowest BCUT2D eigenvalue weighted by molar-refractivity contribution is -0.119. The molecular weight excluding hydrogens is 303 g/mol. The number of halogens is 1. The van der Waals surface area contributed by atoms with Crippen molar-refractivity contribution in [1.82, 2.24) is 5.32 Å². The van der Waals surface area contributed by atoms with Gasteiger partial charge in [-0.3, -0.25) is 9.59 Å². The first-order valence-corrected chi connectivity index (χ1v) is 8.56. The highest BCUT2D eigenvalue weighted by Gasteiger charge is 2.30. The van der Waals surface area contributed by atoms with Crippen LogP contribution in [0.25, 0.3) is 0 Å². The molecule has 1 saturated heterocycles. The van der Waals surface area contributed by atoms with Crippen LogP contribution in [0.5, 0.6) is 0 Å². The molecule has 2 amide bonds. The molecule has 6 heteroatoms. The molecule has 22 heavy (non-hydrogen) atoms. The lowest BCUT2D eigenvalue weighted by Gasteiger charge is -2.32. The van der Waals surface area contributed by atoms with Crippen LogP contribution in [0, 0.1) is 5.82 Å². The average Bonchev–Trinajstić information content (AvgIpc) is 2.49. The fourth-order valence-corrected chi connectivity index (χ4v) is 3.67. The molecule has 2 rings (SSSR count). The minimum atomic E-state index is -0.354. The van der Waals surface area contributed by atoms with E-state index in [2.05, 4.69) is 5.32 Å². The molecule has 0 aliphatic carbocycles. The largest absolute Gasteiger partial charge is 0.356 e. The van der Waals surface area contributed by atoms with E-state index < -0.39 is 0 Å². The quantitative estimate of drug-likeness (QED) is 0.818. The van der Waals surface area contributed by atoms with Crippen LogP contribution in [0.4, 0.5) is 10.1 Å². The van der Waals surface area contributed by atoms with Crippen molar-refractivity contribution in [3.8, 4) is 0 Å². The van der Waals surface area contributed by atoms with Gasteiger partial charge < -0.3 is 10.2 Å². The van der Waals surface area contributed by atoms with E-state index in [0.717, 1.165) is 25.0 Å². The predicted molar refractivity (Wildman–Crippen MR) is 87.5 cm³/mol. The van der Waals surface area contributed by atoms with E-state index in [4.69, 9.17) is 0 Å². The van der Waals surface area contributed by atoms with Crippen molar-refractivity contribution in [2.75, 3.05) is 23.7 Å². The van der Waals surface area contributed by atoms with E-state index >= 15 is 0 Å². The highest BCUT2D eigenvalue weighted by Crippen LogP contribution is 2.29. The Kier molecular flexibility index (Phi) is 6.24. The van der Waals surface area contributed by atoms with Gasteiger partial charge in [-0.15, -0.1) is 11.8 Å². The molecule has 0 aromatic heterocycles. The first-order valence-electron chi connectivity index (χ1n) is 7.51. The van der Waals surface area contributed by atoms with Crippen LogP contribution in [0.15, 0.2) is 24.3 Å². The highest BCUT2D eigenvalue weighted by atomic mass is 32.2. The van der Waals surface area contributed by atoms with Gasteiger partial charge in [0.15, 0.2) is 0 Å². The third-order valence-corrected chi connectivity index (χ3v) is 4.91. The minimum absolute atomic E-state index is 0.0131. The molecule has 1 aromatic rings. The number of amides is 2. The van der Waals surface area contributed by atoms with Crippen LogP contribution < -0.4 is 10.2 Å². The van der Waals surface area contributed by atoms with Crippen molar-refractivity contribution in [3.63, 3.8) is 0 Å². The topological polar surface area (TPSA) is 49.4 Å². The Bertz CT molecular complexity index is 539. The minimum Gasteiger partial charge on any atom is -0.356 e. The van der Waals surface area contributed by atoms with Crippen LogP contribution in [0.3, 0.4) is 0 Å². The lowest BCUT2D eigenvalue weighted by atomic mass is 10.1. The van der Waals surface area contributed by atoms with Gasteiger partial charge in [-0.05, 0) is 37.1 Å². The van der Waals surface area contributed by atoms with Gasteiger partial charge in [0.05, 0.1) is 10.9 Å². The molecule has 1 aliphatic heterocycles. The van der Waals surface area contributed by atoms with Gasteiger partial charge >= 0.3 is 0 Å². The molecule has 0 bridgehead atoms. The molecule has 1 fully saturated rings. The number of thioether (sulfide) groups is 1. The van der Waals surface area contributed by atoms with E-state index in [1.807, 2.05) is 0 Å². The summed E-state index contributed by atoms with van der Waals surface area (Å²) in [7, 11) is 0. The number of benzene rings is 1. The van der Waals surface area contributed by atoms with Crippen molar-refractivity contribution < 1.29 is 14.0 Å². The third kappa shape index (κ3) is 4.47. The van der Waals surface area contributed by atoms with Gasteiger partial charge in [0.2, 0.25) is 11.8 Å². The molecular formula is C16H21FN2O2S.